The molecule has 5 nitrogen and oxygen atoms in total. The molecule has 0 saturated heterocycles. The molecule has 0 saturated carbocycles. The van der Waals surface area contributed by atoms with Crippen molar-refractivity contribution >= 4 is 28.2 Å². The fourth-order valence-corrected chi connectivity index (χ4v) is 3.64. The lowest BCUT2D eigenvalue weighted by molar-refractivity contribution is 0.798. The molecule has 0 bridgehead atoms. The summed E-state index contributed by atoms with van der Waals surface area (Å²) in [7, 11) is 0. The lowest BCUT2D eigenvalue weighted by Crippen LogP contribution is -2.38. The predicted octanol–water partition coefficient (Wildman–Crippen LogP) is 3.54. The summed E-state index contributed by atoms with van der Waals surface area (Å²) >= 11 is 1.70. The van der Waals surface area contributed by atoms with Crippen LogP contribution in [-0.2, 0) is 13.0 Å². The Hall–Kier alpha value is -2.34. The van der Waals surface area contributed by atoms with Crippen LogP contribution in [0.25, 0.3) is 10.9 Å². The van der Waals surface area contributed by atoms with E-state index in [-0.39, 0.29) is 0 Å². The number of thiazole rings is 1. The van der Waals surface area contributed by atoms with Gasteiger partial charge in [0.05, 0.1) is 6.54 Å². The molecule has 0 fully saturated rings. The Kier molecular flexibility index (Phi) is 5.71. The maximum Gasteiger partial charge on any atom is 0.191 e. The maximum atomic E-state index is 4.64. The lowest BCUT2D eigenvalue weighted by Gasteiger charge is -2.11. The van der Waals surface area contributed by atoms with Crippen molar-refractivity contribution in [1.82, 2.24) is 20.6 Å². The number of benzene rings is 1. The summed E-state index contributed by atoms with van der Waals surface area (Å²) in [5.41, 5.74) is 3.81. The predicted molar refractivity (Wildman–Crippen MR) is 106 cm³/mol. The minimum Gasteiger partial charge on any atom is -0.358 e. The van der Waals surface area contributed by atoms with Crippen LogP contribution in [0, 0.1) is 13.8 Å². The van der Waals surface area contributed by atoms with Gasteiger partial charge in [-0.2, -0.15) is 0 Å². The highest BCUT2D eigenvalue weighted by Crippen LogP contribution is 2.21. The molecule has 0 spiro atoms. The summed E-state index contributed by atoms with van der Waals surface area (Å²) in [5.74, 6) is 0.841. The van der Waals surface area contributed by atoms with Crippen molar-refractivity contribution in [2.75, 3.05) is 13.1 Å². The molecule has 3 aromatic rings. The van der Waals surface area contributed by atoms with E-state index in [1.54, 1.807) is 11.3 Å². The molecular formula is C19H25N5S. The normalized spacial score (nSPS) is 11.9. The molecule has 0 unspecified atom stereocenters. The van der Waals surface area contributed by atoms with Gasteiger partial charge in [-0.3, -0.25) is 0 Å². The summed E-state index contributed by atoms with van der Waals surface area (Å²) in [6.07, 6.45) is 2.85. The third kappa shape index (κ3) is 4.39. The SMILES string of the molecule is CCNC(=NCc1ncc(C)s1)NCCc1c(C)[nH]c2ccccc12. The molecule has 0 radical (unpaired) electrons. The van der Waals surface area contributed by atoms with Crippen molar-refractivity contribution in [2.24, 2.45) is 4.99 Å². The number of hydrogen-bond acceptors (Lipinski definition) is 3. The zero-order valence-corrected chi connectivity index (χ0v) is 15.8. The summed E-state index contributed by atoms with van der Waals surface area (Å²) in [5, 5.41) is 9.08. The Balaban J connectivity index is 1.62. The minimum atomic E-state index is 0.611. The summed E-state index contributed by atoms with van der Waals surface area (Å²) in [4.78, 5) is 13.7. The van der Waals surface area contributed by atoms with E-state index in [9.17, 15) is 0 Å². The first-order chi connectivity index (χ1) is 12.2. The van der Waals surface area contributed by atoms with E-state index < -0.39 is 0 Å². The number of aryl methyl sites for hydroxylation is 2. The lowest BCUT2D eigenvalue weighted by atomic mass is 10.1. The quantitative estimate of drug-likeness (QED) is 0.468. The van der Waals surface area contributed by atoms with Gasteiger partial charge >= 0.3 is 0 Å². The number of nitrogens with zero attached hydrogens (tertiary/aromatic N) is 2. The Bertz CT molecular complexity index is 862. The zero-order valence-electron chi connectivity index (χ0n) is 15.0. The van der Waals surface area contributed by atoms with Crippen LogP contribution in [0.1, 0.15) is 28.1 Å². The van der Waals surface area contributed by atoms with Gasteiger partial charge in [0, 0.05) is 40.8 Å². The van der Waals surface area contributed by atoms with E-state index in [1.165, 1.54) is 27.0 Å². The fourth-order valence-electron chi connectivity index (χ4n) is 2.93. The van der Waals surface area contributed by atoms with Crippen molar-refractivity contribution < 1.29 is 0 Å². The molecule has 3 N–H and O–H groups in total. The molecule has 0 aliphatic rings. The maximum absolute atomic E-state index is 4.64. The molecule has 2 aromatic heterocycles. The van der Waals surface area contributed by atoms with Crippen LogP contribution in [0.3, 0.4) is 0 Å². The van der Waals surface area contributed by atoms with Crippen molar-refractivity contribution in [1.29, 1.82) is 0 Å². The third-order valence-electron chi connectivity index (χ3n) is 4.08. The van der Waals surface area contributed by atoms with Crippen LogP contribution in [0.15, 0.2) is 35.5 Å². The van der Waals surface area contributed by atoms with Crippen molar-refractivity contribution in [3.63, 3.8) is 0 Å². The van der Waals surface area contributed by atoms with Crippen LogP contribution in [0.5, 0.6) is 0 Å². The van der Waals surface area contributed by atoms with Gasteiger partial charge in [-0.25, -0.2) is 9.98 Å². The van der Waals surface area contributed by atoms with E-state index in [4.69, 9.17) is 0 Å². The van der Waals surface area contributed by atoms with Crippen LogP contribution < -0.4 is 10.6 Å². The molecule has 0 aliphatic carbocycles. The van der Waals surface area contributed by atoms with E-state index in [0.717, 1.165) is 30.5 Å². The highest BCUT2D eigenvalue weighted by atomic mass is 32.1. The molecule has 6 heteroatoms. The average Bonchev–Trinajstić information content (AvgIpc) is 3.16. The van der Waals surface area contributed by atoms with Gasteiger partial charge in [-0.15, -0.1) is 11.3 Å². The Labute approximate surface area is 152 Å². The van der Waals surface area contributed by atoms with Gasteiger partial charge in [-0.05, 0) is 38.8 Å². The molecule has 2 heterocycles. The van der Waals surface area contributed by atoms with Crippen molar-refractivity contribution in [3.05, 3.63) is 51.6 Å². The molecule has 132 valence electrons. The number of hydrogen-bond donors (Lipinski definition) is 3. The first kappa shape index (κ1) is 17.5. The minimum absolute atomic E-state index is 0.611. The second-order valence-electron chi connectivity index (χ2n) is 6.01. The first-order valence-corrected chi connectivity index (χ1v) is 9.48. The van der Waals surface area contributed by atoms with Crippen molar-refractivity contribution in [2.45, 2.75) is 33.7 Å². The van der Waals surface area contributed by atoms with E-state index >= 15 is 0 Å². The summed E-state index contributed by atoms with van der Waals surface area (Å²) < 4.78 is 0. The number of aromatic amines is 1. The monoisotopic (exact) mass is 355 g/mol. The summed E-state index contributed by atoms with van der Waals surface area (Å²) in [6, 6.07) is 8.46. The van der Waals surface area contributed by atoms with Gasteiger partial charge in [-0.1, -0.05) is 18.2 Å². The van der Waals surface area contributed by atoms with Crippen LogP contribution in [0.2, 0.25) is 0 Å². The van der Waals surface area contributed by atoms with Crippen LogP contribution >= 0.6 is 11.3 Å². The Morgan fingerprint density at radius 2 is 2.08 bits per heavy atom. The average molecular weight is 356 g/mol. The van der Waals surface area contributed by atoms with Crippen LogP contribution in [0.4, 0.5) is 0 Å². The second-order valence-corrected chi connectivity index (χ2v) is 7.33. The number of guanidine groups is 1. The number of fused-ring (bicyclic) bond motifs is 1. The smallest absolute Gasteiger partial charge is 0.191 e. The molecule has 3 rings (SSSR count). The first-order valence-electron chi connectivity index (χ1n) is 8.67. The molecule has 25 heavy (non-hydrogen) atoms. The van der Waals surface area contributed by atoms with E-state index in [1.807, 2.05) is 6.20 Å². The molecule has 0 aliphatic heterocycles. The van der Waals surface area contributed by atoms with E-state index in [2.05, 4.69) is 70.6 Å². The number of H-pyrrole nitrogens is 1. The van der Waals surface area contributed by atoms with E-state index in [0.29, 0.717) is 6.54 Å². The number of aromatic nitrogens is 2. The number of nitrogens with one attached hydrogen (secondary N) is 3. The molecular weight excluding hydrogens is 330 g/mol. The van der Waals surface area contributed by atoms with Gasteiger partial charge in [0.25, 0.3) is 0 Å². The Morgan fingerprint density at radius 3 is 2.84 bits per heavy atom. The largest absolute Gasteiger partial charge is 0.358 e. The Morgan fingerprint density at radius 1 is 1.24 bits per heavy atom. The van der Waals surface area contributed by atoms with Crippen LogP contribution in [-0.4, -0.2) is 29.0 Å². The number of aliphatic imine (C=N–C) groups is 1. The number of rotatable bonds is 6. The molecule has 0 amide bonds. The topological polar surface area (TPSA) is 65.1 Å². The highest BCUT2D eigenvalue weighted by Gasteiger charge is 2.08. The van der Waals surface area contributed by atoms with Gasteiger partial charge in [0.15, 0.2) is 5.96 Å². The van der Waals surface area contributed by atoms with Gasteiger partial charge in [0.2, 0.25) is 0 Å². The van der Waals surface area contributed by atoms with Crippen molar-refractivity contribution in [3.8, 4) is 0 Å². The second kappa shape index (κ2) is 8.16. The third-order valence-corrected chi connectivity index (χ3v) is 4.98. The van der Waals surface area contributed by atoms with Gasteiger partial charge < -0.3 is 15.6 Å². The fraction of sp³-hybridized carbons (Fsp3) is 0.368. The molecule has 1 aromatic carbocycles. The molecule has 0 atom stereocenters. The summed E-state index contributed by atoms with van der Waals surface area (Å²) in [6.45, 7) is 8.58. The zero-order chi connectivity index (χ0) is 17.6. The van der Waals surface area contributed by atoms with Gasteiger partial charge in [0.1, 0.15) is 5.01 Å². The highest BCUT2D eigenvalue weighted by molar-refractivity contribution is 7.11. The standard InChI is InChI=1S/C19H25N5S/c1-4-20-19(23-12-18-22-11-13(2)25-18)21-10-9-15-14(3)24-17-8-6-5-7-16(15)17/h5-8,11,24H,4,9-10,12H2,1-3H3,(H2,20,21,23). The number of para-hydroxylation sites is 1.